The Labute approximate surface area is 101 Å². The predicted octanol–water partition coefficient (Wildman–Crippen LogP) is 2.82. The predicted molar refractivity (Wildman–Crippen MR) is 66.7 cm³/mol. The molecular formula is C12H19NO2S. The Balaban J connectivity index is 2.75. The summed E-state index contributed by atoms with van der Waals surface area (Å²) in [5, 5.41) is 13.4. The van der Waals surface area contributed by atoms with Gasteiger partial charge in [0.2, 0.25) is 0 Å². The Morgan fingerprint density at radius 1 is 1.62 bits per heavy atom. The number of hydrogen-bond donors (Lipinski definition) is 1. The van der Waals surface area contributed by atoms with Crippen molar-refractivity contribution < 1.29 is 9.90 Å². The molecule has 0 fully saturated rings. The van der Waals surface area contributed by atoms with Gasteiger partial charge in [-0.1, -0.05) is 13.3 Å². The largest absolute Gasteiger partial charge is 0.480 e. The van der Waals surface area contributed by atoms with E-state index in [0.717, 1.165) is 6.42 Å². The van der Waals surface area contributed by atoms with Crippen molar-refractivity contribution in [3.63, 3.8) is 0 Å². The van der Waals surface area contributed by atoms with Gasteiger partial charge in [-0.05, 0) is 42.8 Å². The molecule has 0 amide bonds. The summed E-state index contributed by atoms with van der Waals surface area (Å²) < 4.78 is 0. The zero-order chi connectivity index (χ0) is 12.2. The Hall–Kier alpha value is -0.870. The van der Waals surface area contributed by atoms with Crippen LogP contribution in [-0.2, 0) is 11.3 Å². The smallest absolute Gasteiger partial charge is 0.323 e. The van der Waals surface area contributed by atoms with E-state index in [9.17, 15) is 9.90 Å². The second-order valence-corrected chi connectivity index (χ2v) is 5.10. The van der Waals surface area contributed by atoms with Crippen molar-refractivity contribution in [2.75, 3.05) is 7.05 Å². The summed E-state index contributed by atoms with van der Waals surface area (Å²) in [4.78, 5) is 13.3. The Morgan fingerprint density at radius 2 is 2.31 bits per heavy atom. The van der Waals surface area contributed by atoms with E-state index in [1.54, 1.807) is 18.3 Å². The number of carboxylic acids is 1. The first-order valence-corrected chi connectivity index (χ1v) is 6.40. The maximum absolute atomic E-state index is 11.3. The van der Waals surface area contributed by atoms with Crippen molar-refractivity contribution in [2.45, 2.75) is 38.8 Å². The highest BCUT2D eigenvalue weighted by Gasteiger charge is 2.36. The van der Waals surface area contributed by atoms with E-state index < -0.39 is 11.5 Å². The van der Waals surface area contributed by atoms with Gasteiger partial charge in [0.15, 0.2) is 0 Å². The van der Waals surface area contributed by atoms with Gasteiger partial charge in [-0.25, -0.2) is 0 Å². The van der Waals surface area contributed by atoms with Gasteiger partial charge >= 0.3 is 5.97 Å². The molecule has 1 rings (SSSR count). The number of rotatable bonds is 6. The van der Waals surface area contributed by atoms with E-state index in [0.29, 0.717) is 13.0 Å². The molecule has 0 saturated heterocycles. The van der Waals surface area contributed by atoms with E-state index in [-0.39, 0.29) is 0 Å². The molecule has 0 aromatic carbocycles. The van der Waals surface area contributed by atoms with E-state index in [1.807, 2.05) is 30.3 Å². The topological polar surface area (TPSA) is 40.5 Å². The second kappa shape index (κ2) is 5.46. The highest BCUT2D eigenvalue weighted by atomic mass is 32.1. The Morgan fingerprint density at radius 3 is 2.75 bits per heavy atom. The molecule has 0 aliphatic heterocycles. The normalized spacial score (nSPS) is 15.0. The van der Waals surface area contributed by atoms with E-state index >= 15 is 0 Å². The quantitative estimate of drug-likeness (QED) is 0.832. The fourth-order valence-electron chi connectivity index (χ4n) is 1.78. The van der Waals surface area contributed by atoms with Crippen LogP contribution >= 0.6 is 11.3 Å². The molecule has 0 saturated carbocycles. The molecule has 0 bridgehead atoms. The summed E-state index contributed by atoms with van der Waals surface area (Å²) in [6, 6.07) is 2.04. The molecule has 1 N–H and O–H groups in total. The molecule has 1 atom stereocenters. The van der Waals surface area contributed by atoms with E-state index in [4.69, 9.17) is 0 Å². The van der Waals surface area contributed by atoms with Crippen LogP contribution in [0, 0.1) is 0 Å². The number of thiophene rings is 1. The fourth-order valence-corrected chi connectivity index (χ4v) is 2.44. The lowest BCUT2D eigenvalue weighted by Crippen LogP contribution is -2.49. The molecule has 0 spiro atoms. The van der Waals surface area contributed by atoms with Crippen molar-refractivity contribution in [2.24, 2.45) is 0 Å². The maximum atomic E-state index is 11.3. The Kier molecular flexibility index (Phi) is 4.50. The van der Waals surface area contributed by atoms with E-state index in [2.05, 4.69) is 5.38 Å². The average molecular weight is 241 g/mol. The first kappa shape index (κ1) is 13.2. The molecule has 90 valence electrons. The lowest BCUT2D eigenvalue weighted by Gasteiger charge is -2.34. The van der Waals surface area contributed by atoms with Crippen LogP contribution in [0.2, 0.25) is 0 Å². The molecule has 1 heterocycles. The van der Waals surface area contributed by atoms with Crippen LogP contribution in [0.4, 0.5) is 0 Å². The summed E-state index contributed by atoms with van der Waals surface area (Å²) in [6.07, 6.45) is 1.54. The summed E-state index contributed by atoms with van der Waals surface area (Å²) in [6.45, 7) is 4.50. The molecule has 1 aromatic rings. The minimum atomic E-state index is -0.767. The zero-order valence-electron chi connectivity index (χ0n) is 10.1. The first-order valence-electron chi connectivity index (χ1n) is 5.46. The first-order chi connectivity index (χ1) is 7.50. The van der Waals surface area contributed by atoms with Crippen LogP contribution in [0.25, 0.3) is 0 Å². The van der Waals surface area contributed by atoms with Gasteiger partial charge in [-0.3, -0.25) is 9.69 Å². The van der Waals surface area contributed by atoms with Crippen LogP contribution < -0.4 is 0 Å². The lowest BCUT2D eigenvalue weighted by molar-refractivity contribution is -0.150. The number of carboxylic acid groups (broad SMARTS) is 1. The monoisotopic (exact) mass is 241 g/mol. The zero-order valence-corrected chi connectivity index (χ0v) is 10.9. The van der Waals surface area contributed by atoms with Crippen LogP contribution in [0.3, 0.4) is 0 Å². The summed E-state index contributed by atoms with van der Waals surface area (Å²) in [5.41, 5.74) is 0.410. The van der Waals surface area contributed by atoms with Gasteiger partial charge < -0.3 is 5.11 Å². The third-order valence-electron chi connectivity index (χ3n) is 3.04. The number of likely N-dealkylation sites (N-methyl/N-ethyl adjacent to an activating group) is 1. The molecule has 4 heteroatoms. The third-order valence-corrected chi connectivity index (χ3v) is 3.77. The maximum Gasteiger partial charge on any atom is 0.323 e. The SMILES string of the molecule is CCCC(C)(C(=O)O)N(C)Cc1ccsc1. The molecule has 0 aliphatic carbocycles. The highest BCUT2D eigenvalue weighted by Crippen LogP contribution is 2.23. The van der Waals surface area contributed by atoms with Crippen LogP contribution in [-0.4, -0.2) is 28.6 Å². The fraction of sp³-hybridized carbons (Fsp3) is 0.583. The molecule has 16 heavy (non-hydrogen) atoms. The standard InChI is InChI=1S/C12H19NO2S/c1-4-6-12(2,11(14)15)13(3)8-10-5-7-16-9-10/h5,7,9H,4,6,8H2,1-3H3,(H,14,15). The van der Waals surface area contributed by atoms with Crippen LogP contribution in [0.5, 0.6) is 0 Å². The van der Waals surface area contributed by atoms with Crippen molar-refractivity contribution in [3.05, 3.63) is 22.4 Å². The minimum absolute atomic E-state index is 0.670. The minimum Gasteiger partial charge on any atom is -0.480 e. The lowest BCUT2D eigenvalue weighted by atomic mass is 9.94. The van der Waals surface area contributed by atoms with Crippen molar-refractivity contribution in [1.82, 2.24) is 4.90 Å². The van der Waals surface area contributed by atoms with E-state index in [1.165, 1.54) is 5.56 Å². The summed E-state index contributed by atoms with van der Waals surface area (Å²) >= 11 is 1.64. The van der Waals surface area contributed by atoms with Crippen LogP contribution in [0.1, 0.15) is 32.3 Å². The van der Waals surface area contributed by atoms with Crippen molar-refractivity contribution in [3.8, 4) is 0 Å². The van der Waals surface area contributed by atoms with Crippen LogP contribution in [0.15, 0.2) is 16.8 Å². The highest BCUT2D eigenvalue weighted by molar-refractivity contribution is 7.07. The molecule has 1 unspecified atom stereocenters. The molecular weight excluding hydrogens is 222 g/mol. The average Bonchev–Trinajstić information content (AvgIpc) is 2.70. The van der Waals surface area contributed by atoms with Gasteiger partial charge in [-0.2, -0.15) is 11.3 Å². The Bertz CT molecular complexity index is 337. The second-order valence-electron chi connectivity index (χ2n) is 4.32. The van der Waals surface area contributed by atoms with Crippen molar-refractivity contribution >= 4 is 17.3 Å². The van der Waals surface area contributed by atoms with Gasteiger partial charge in [0.1, 0.15) is 5.54 Å². The van der Waals surface area contributed by atoms with Gasteiger partial charge in [0, 0.05) is 6.54 Å². The molecule has 0 aliphatic rings. The van der Waals surface area contributed by atoms with Crippen molar-refractivity contribution in [1.29, 1.82) is 0 Å². The number of carbonyl (C=O) groups is 1. The molecule has 0 radical (unpaired) electrons. The molecule has 1 aromatic heterocycles. The third kappa shape index (κ3) is 2.83. The number of nitrogens with zero attached hydrogens (tertiary/aromatic N) is 1. The summed E-state index contributed by atoms with van der Waals surface area (Å²) in [5.74, 6) is -0.743. The number of aliphatic carboxylic acids is 1. The van der Waals surface area contributed by atoms with Gasteiger partial charge in [0.25, 0.3) is 0 Å². The number of hydrogen-bond acceptors (Lipinski definition) is 3. The van der Waals surface area contributed by atoms with Gasteiger partial charge in [0.05, 0.1) is 0 Å². The van der Waals surface area contributed by atoms with Gasteiger partial charge in [-0.15, -0.1) is 0 Å². The summed E-state index contributed by atoms with van der Waals surface area (Å²) in [7, 11) is 1.88. The molecule has 3 nitrogen and oxygen atoms in total.